The Morgan fingerprint density at radius 3 is 2.62 bits per heavy atom. The van der Waals surface area contributed by atoms with Crippen molar-refractivity contribution < 1.29 is 4.79 Å². The van der Waals surface area contributed by atoms with Crippen LogP contribution in [0.5, 0.6) is 0 Å². The van der Waals surface area contributed by atoms with Gasteiger partial charge in [-0.25, -0.2) is 4.68 Å². The summed E-state index contributed by atoms with van der Waals surface area (Å²) in [4.78, 5) is 15.8. The molecule has 0 bridgehead atoms. The van der Waals surface area contributed by atoms with Gasteiger partial charge in [0.25, 0.3) is 0 Å². The fraction of sp³-hybridized carbons (Fsp3) is 0.556. The maximum absolute atomic E-state index is 11.5. The Kier molecular flexibility index (Phi) is 5.82. The Bertz CT molecular complexity index is 719. The molecule has 3 rings (SSSR count). The zero-order valence-electron chi connectivity index (χ0n) is 15.7. The Morgan fingerprint density at radius 1 is 1.27 bits per heavy atom. The third kappa shape index (κ3) is 4.57. The van der Waals surface area contributed by atoms with Crippen molar-refractivity contribution in [2.24, 2.45) is 5.92 Å². The van der Waals surface area contributed by atoms with E-state index in [-0.39, 0.29) is 5.91 Å². The molecule has 1 saturated heterocycles. The number of piperidine rings is 1. The van der Waals surface area contributed by atoms with Crippen LogP contribution in [-0.2, 0) is 4.79 Å². The summed E-state index contributed by atoms with van der Waals surface area (Å²) in [6, 6.07) is 5.87. The number of likely N-dealkylation sites (tertiary alicyclic amines) is 1. The van der Waals surface area contributed by atoms with Crippen LogP contribution in [0, 0.1) is 12.8 Å². The minimum Gasteiger partial charge on any atom is -0.358 e. The van der Waals surface area contributed by atoms with E-state index in [2.05, 4.69) is 37.5 Å². The molecule has 3 heterocycles. The number of carbonyl (C=O) groups excluding carboxylic acids is 1. The van der Waals surface area contributed by atoms with Gasteiger partial charge in [0.1, 0.15) is 0 Å². The first-order valence-corrected chi connectivity index (χ1v) is 9.05. The standard InChI is InChI=1S/C18H27N7O/c1-14-6-11-25(22-14)17-5-4-16(20-21-17)23(3)12-15-7-9-24(10-8-15)13-18(26)19-2/h4-6,11,15H,7-10,12-13H2,1-3H3,(H,19,26). The number of rotatable bonds is 6. The lowest BCUT2D eigenvalue weighted by atomic mass is 9.96. The third-order valence-electron chi connectivity index (χ3n) is 4.87. The molecule has 8 nitrogen and oxygen atoms in total. The Morgan fingerprint density at radius 2 is 2.04 bits per heavy atom. The Balaban J connectivity index is 1.51. The number of amides is 1. The van der Waals surface area contributed by atoms with E-state index in [0.717, 1.165) is 49.8 Å². The first-order valence-electron chi connectivity index (χ1n) is 9.05. The highest BCUT2D eigenvalue weighted by Gasteiger charge is 2.22. The van der Waals surface area contributed by atoms with E-state index in [9.17, 15) is 4.79 Å². The number of nitrogens with zero attached hydrogens (tertiary/aromatic N) is 6. The lowest BCUT2D eigenvalue weighted by Gasteiger charge is -2.33. The summed E-state index contributed by atoms with van der Waals surface area (Å²) in [5, 5.41) is 15.7. The van der Waals surface area contributed by atoms with Crippen molar-refractivity contribution in [1.82, 2.24) is 30.2 Å². The molecule has 2 aromatic rings. The van der Waals surface area contributed by atoms with E-state index >= 15 is 0 Å². The molecule has 0 saturated carbocycles. The first kappa shape index (κ1) is 18.3. The maximum atomic E-state index is 11.5. The van der Waals surface area contributed by atoms with Crippen molar-refractivity contribution in [2.75, 3.05) is 45.2 Å². The van der Waals surface area contributed by atoms with E-state index in [0.29, 0.717) is 12.5 Å². The van der Waals surface area contributed by atoms with Gasteiger partial charge in [-0.1, -0.05) is 0 Å². The first-order chi connectivity index (χ1) is 12.5. The molecule has 0 aliphatic carbocycles. The second-order valence-electron chi connectivity index (χ2n) is 6.92. The molecule has 0 atom stereocenters. The second-order valence-corrected chi connectivity index (χ2v) is 6.92. The maximum Gasteiger partial charge on any atom is 0.233 e. The summed E-state index contributed by atoms with van der Waals surface area (Å²) in [7, 11) is 3.74. The Labute approximate surface area is 154 Å². The number of hydrogen-bond donors (Lipinski definition) is 1. The molecule has 8 heteroatoms. The number of nitrogens with one attached hydrogen (secondary N) is 1. The molecule has 1 amide bonds. The number of likely N-dealkylation sites (N-methyl/N-ethyl adjacent to an activating group) is 1. The van der Waals surface area contributed by atoms with Gasteiger partial charge >= 0.3 is 0 Å². The summed E-state index contributed by atoms with van der Waals surface area (Å²) in [5.74, 6) is 2.28. The summed E-state index contributed by atoms with van der Waals surface area (Å²) >= 11 is 0. The van der Waals surface area contributed by atoms with Gasteiger partial charge in [0.05, 0.1) is 12.2 Å². The summed E-state index contributed by atoms with van der Waals surface area (Å²) in [5.41, 5.74) is 0.954. The average molecular weight is 357 g/mol. The van der Waals surface area contributed by atoms with Crippen LogP contribution in [-0.4, -0.2) is 71.1 Å². The molecule has 26 heavy (non-hydrogen) atoms. The fourth-order valence-electron chi connectivity index (χ4n) is 3.28. The van der Waals surface area contributed by atoms with E-state index in [1.165, 1.54) is 0 Å². The lowest BCUT2D eigenvalue weighted by molar-refractivity contribution is -0.122. The van der Waals surface area contributed by atoms with Gasteiger partial charge in [0.15, 0.2) is 11.6 Å². The predicted molar refractivity (Wildman–Crippen MR) is 100 cm³/mol. The molecule has 0 radical (unpaired) electrons. The molecule has 0 aromatic carbocycles. The minimum atomic E-state index is 0.0864. The van der Waals surface area contributed by atoms with Crippen LogP contribution in [0.4, 0.5) is 5.82 Å². The number of hydrogen-bond acceptors (Lipinski definition) is 6. The molecule has 1 aliphatic rings. The van der Waals surface area contributed by atoms with Crippen molar-refractivity contribution in [3.8, 4) is 5.82 Å². The van der Waals surface area contributed by atoms with Gasteiger partial charge in [0, 0.05) is 26.8 Å². The quantitative estimate of drug-likeness (QED) is 0.826. The monoisotopic (exact) mass is 357 g/mol. The normalized spacial score (nSPS) is 15.8. The van der Waals surface area contributed by atoms with Crippen LogP contribution in [0.15, 0.2) is 24.4 Å². The van der Waals surface area contributed by atoms with Crippen LogP contribution in [0.3, 0.4) is 0 Å². The van der Waals surface area contributed by atoms with Crippen molar-refractivity contribution >= 4 is 11.7 Å². The molecule has 0 unspecified atom stereocenters. The molecular weight excluding hydrogens is 330 g/mol. The van der Waals surface area contributed by atoms with Crippen molar-refractivity contribution in [2.45, 2.75) is 19.8 Å². The Hall–Kier alpha value is -2.48. The van der Waals surface area contributed by atoms with Gasteiger partial charge in [0.2, 0.25) is 5.91 Å². The van der Waals surface area contributed by atoms with Gasteiger partial charge in [-0.15, -0.1) is 10.2 Å². The smallest absolute Gasteiger partial charge is 0.233 e. The number of anilines is 1. The lowest BCUT2D eigenvalue weighted by Crippen LogP contribution is -2.42. The van der Waals surface area contributed by atoms with E-state index in [1.54, 1.807) is 11.7 Å². The van der Waals surface area contributed by atoms with Crippen molar-refractivity contribution in [1.29, 1.82) is 0 Å². The number of aromatic nitrogens is 4. The minimum absolute atomic E-state index is 0.0864. The van der Waals surface area contributed by atoms with Gasteiger partial charge in [-0.2, -0.15) is 5.10 Å². The number of aryl methyl sites for hydroxylation is 1. The molecule has 1 fully saturated rings. The van der Waals surface area contributed by atoms with Crippen LogP contribution < -0.4 is 10.2 Å². The zero-order valence-corrected chi connectivity index (χ0v) is 15.7. The zero-order chi connectivity index (χ0) is 18.5. The van der Waals surface area contributed by atoms with E-state index in [1.807, 2.05) is 31.3 Å². The summed E-state index contributed by atoms with van der Waals surface area (Å²) < 4.78 is 1.73. The summed E-state index contributed by atoms with van der Waals surface area (Å²) in [6.45, 7) is 5.33. The van der Waals surface area contributed by atoms with Crippen molar-refractivity contribution in [3.63, 3.8) is 0 Å². The third-order valence-corrected chi connectivity index (χ3v) is 4.87. The fourth-order valence-corrected chi connectivity index (χ4v) is 3.28. The highest BCUT2D eigenvalue weighted by molar-refractivity contribution is 5.77. The summed E-state index contributed by atoms with van der Waals surface area (Å²) in [6.07, 6.45) is 4.08. The van der Waals surface area contributed by atoms with E-state index in [4.69, 9.17) is 0 Å². The number of carbonyl (C=O) groups is 1. The molecule has 2 aromatic heterocycles. The van der Waals surface area contributed by atoms with Gasteiger partial charge in [-0.3, -0.25) is 9.69 Å². The van der Waals surface area contributed by atoms with E-state index < -0.39 is 0 Å². The van der Waals surface area contributed by atoms with Crippen LogP contribution in [0.1, 0.15) is 18.5 Å². The van der Waals surface area contributed by atoms with Crippen molar-refractivity contribution in [3.05, 3.63) is 30.1 Å². The molecule has 140 valence electrons. The molecule has 1 aliphatic heterocycles. The topological polar surface area (TPSA) is 79.2 Å². The van der Waals surface area contributed by atoms with Gasteiger partial charge in [-0.05, 0) is 57.0 Å². The molecule has 1 N–H and O–H groups in total. The van der Waals surface area contributed by atoms with Crippen LogP contribution >= 0.6 is 0 Å². The van der Waals surface area contributed by atoms with Crippen LogP contribution in [0.25, 0.3) is 5.82 Å². The molecule has 0 spiro atoms. The highest BCUT2D eigenvalue weighted by atomic mass is 16.1. The second kappa shape index (κ2) is 8.27. The van der Waals surface area contributed by atoms with Crippen LogP contribution in [0.2, 0.25) is 0 Å². The van der Waals surface area contributed by atoms with Gasteiger partial charge < -0.3 is 10.2 Å². The average Bonchev–Trinajstić information content (AvgIpc) is 3.09. The highest BCUT2D eigenvalue weighted by Crippen LogP contribution is 2.20. The largest absolute Gasteiger partial charge is 0.358 e. The SMILES string of the molecule is CNC(=O)CN1CCC(CN(C)c2ccc(-n3ccc(C)n3)nn2)CC1. The predicted octanol–water partition coefficient (Wildman–Crippen LogP) is 0.865. The molecular formula is C18H27N7O.